The molecule has 7 heteroatoms. The zero-order valence-corrected chi connectivity index (χ0v) is 11.9. The van der Waals surface area contributed by atoms with Crippen LogP contribution in [0.5, 0.6) is 0 Å². The highest BCUT2D eigenvalue weighted by Gasteiger charge is 2.25. The summed E-state index contributed by atoms with van der Waals surface area (Å²) in [6.07, 6.45) is 1.38. The highest BCUT2D eigenvalue weighted by Crippen LogP contribution is 2.23. The summed E-state index contributed by atoms with van der Waals surface area (Å²) < 4.78 is 10.1. The van der Waals surface area contributed by atoms with E-state index in [1.165, 1.54) is 6.20 Å². The smallest absolute Gasteiger partial charge is 0.341 e. The number of ether oxygens (including phenoxy) is 2. The van der Waals surface area contributed by atoms with E-state index in [1.807, 2.05) is 0 Å². The first-order valence-electron chi connectivity index (χ1n) is 6.46. The summed E-state index contributed by atoms with van der Waals surface area (Å²) in [5.41, 5.74) is 0.810. The van der Waals surface area contributed by atoms with Crippen molar-refractivity contribution in [2.24, 2.45) is 0 Å². The quantitative estimate of drug-likeness (QED) is 0.647. The van der Waals surface area contributed by atoms with Crippen LogP contribution in [0.2, 0.25) is 5.15 Å². The van der Waals surface area contributed by atoms with Gasteiger partial charge < -0.3 is 19.9 Å². The van der Waals surface area contributed by atoms with Crippen LogP contribution >= 0.6 is 11.6 Å². The Morgan fingerprint density at radius 1 is 1.70 bits per heavy atom. The maximum atomic E-state index is 11.9. The lowest BCUT2D eigenvalue weighted by atomic mass is 10.1. The first kappa shape index (κ1) is 15.0. The molecule has 110 valence electrons. The minimum absolute atomic E-state index is 0.199. The molecule has 20 heavy (non-hydrogen) atoms. The Morgan fingerprint density at radius 3 is 3.20 bits per heavy atom. The number of aliphatic hydroxyl groups excluding tert-OH is 1. The Bertz CT molecular complexity index is 483. The molecule has 2 heterocycles. The number of pyridine rings is 1. The Hall–Kier alpha value is -1.37. The second-order valence-electron chi connectivity index (χ2n) is 4.45. The topological polar surface area (TPSA) is 80.7 Å². The summed E-state index contributed by atoms with van der Waals surface area (Å²) in [5.74, 6) is -0.472. The minimum atomic E-state index is -0.634. The van der Waals surface area contributed by atoms with Gasteiger partial charge in [-0.2, -0.15) is 0 Å². The number of rotatable bonds is 4. The minimum Gasteiger partial charge on any atom is -0.462 e. The molecule has 1 saturated heterocycles. The van der Waals surface area contributed by atoms with Crippen molar-refractivity contribution in [2.75, 3.05) is 25.1 Å². The standard InChI is InChI=1S/C13H17ClN2O4/c1-2-20-13(18)8-6-15-12(14)5-10(8)16-9-3-4-19-7-11(9)17/h5-6,9,11,17H,2-4,7H2,1H3,(H,15,16). The Balaban J connectivity index is 2.20. The van der Waals surface area contributed by atoms with Crippen molar-refractivity contribution in [3.63, 3.8) is 0 Å². The van der Waals surface area contributed by atoms with Crippen LogP contribution in [-0.4, -0.2) is 48.0 Å². The molecule has 0 amide bonds. The summed E-state index contributed by atoms with van der Waals surface area (Å²) in [6.45, 7) is 2.84. The molecule has 1 aromatic heterocycles. The van der Waals surface area contributed by atoms with E-state index in [4.69, 9.17) is 21.1 Å². The molecule has 6 nitrogen and oxygen atoms in total. The number of esters is 1. The lowest BCUT2D eigenvalue weighted by molar-refractivity contribution is -0.0134. The van der Waals surface area contributed by atoms with Gasteiger partial charge >= 0.3 is 5.97 Å². The van der Waals surface area contributed by atoms with Crippen LogP contribution in [-0.2, 0) is 9.47 Å². The molecular formula is C13H17ClN2O4. The van der Waals surface area contributed by atoms with Crippen molar-refractivity contribution in [2.45, 2.75) is 25.5 Å². The lowest BCUT2D eigenvalue weighted by Crippen LogP contribution is -2.42. The third-order valence-electron chi connectivity index (χ3n) is 3.03. The maximum Gasteiger partial charge on any atom is 0.341 e. The van der Waals surface area contributed by atoms with Gasteiger partial charge in [-0.1, -0.05) is 11.6 Å². The number of carbonyl (C=O) groups is 1. The molecule has 2 unspecified atom stereocenters. The van der Waals surface area contributed by atoms with Crippen molar-refractivity contribution in [1.82, 2.24) is 4.98 Å². The zero-order valence-electron chi connectivity index (χ0n) is 11.1. The van der Waals surface area contributed by atoms with Gasteiger partial charge in [0.05, 0.1) is 31.0 Å². The van der Waals surface area contributed by atoms with Crippen LogP contribution in [0.4, 0.5) is 5.69 Å². The molecule has 2 atom stereocenters. The average molecular weight is 301 g/mol. The van der Waals surface area contributed by atoms with Crippen molar-refractivity contribution < 1.29 is 19.4 Å². The summed E-state index contributed by atoms with van der Waals surface area (Å²) in [5, 5.41) is 13.3. The summed E-state index contributed by atoms with van der Waals surface area (Å²) in [4.78, 5) is 15.8. The maximum absolute atomic E-state index is 11.9. The largest absolute Gasteiger partial charge is 0.462 e. The second kappa shape index (κ2) is 6.88. The molecule has 0 aromatic carbocycles. The molecule has 2 rings (SSSR count). The third-order valence-corrected chi connectivity index (χ3v) is 3.24. The van der Waals surface area contributed by atoms with Gasteiger partial charge in [0.1, 0.15) is 10.7 Å². The van der Waals surface area contributed by atoms with Crippen LogP contribution in [0.25, 0.3) is 0 Å². The SMILES string of the molecule is CCOC(=O)c1cnc(Cl)cc1NC1CCOCC1O. The number of halogens is 1. The van der Waals surface area contributed by atoms with Crippen LogP contribution in [0.1, 0.15) is 23.7 Å². The molecular weight excluding hydrogens is 284 g/mol. The van der Waals surface area contributed by atoms with E-state index >= 15 is 0 Å². The highest BCUT2D eigenvalue weighted by atomic mass is 35.5. The fourth-order valence-corrected chi connectivity index (χ4v) is 2.17. The van der Waals surface area contributed by atoms with Crippen molar-refractivity contribution in [3.05, 3.63) is 23.0 Å². The van der Waals surface area contributed by atoms with Gasteiger partial charge in [0.15, 0.2) is 0 Å². The molecule has 1 fully saturated rings. The van der Waals surface area contributed by atoms with Crippen molar-refractivity contribution >= 4 is 23.3 Å². The lowest BCUT2D eigenvalue weighted by Gasteiger charge is -2.29. The highest BCUT2D eigenvalue weighted by molar-refractivity contribution is 6.29. The molecule has 0 aliphatic carbocycles. The molecule has 1 aliphatic rings. The van der Waals surface area contributed by atoms with Gasteiger partial charge in [-0.05, 0) is 19.4 Å². The van der Waals surface area contributed by atoms with Gasteiger partial charge in [-0.25, -0.2) is 9.78 Å². The molecule has 1 aliphatic heterocycles. The van der Waals surface area contributed by atoms with E-state index in [1.54, 1.807) is 13.0 Å². The fourth-order valence-electron chi connectivity index (χ4n) is 2.01. The first-order chi connectivity index (χ1) is 9.61. The predicted octanol–water partition coefficient (Wildman–Crippen LogP) is 1.47. The Labute approximate surface area is 122 Å². The van der Waals surface area contributed by atoms with E-state index < -0.39 is 12.1 Å². The Kier molecular flexibility index (Phi) is 5.17. The summed E-state index contributed by atoms with van der Waals surface area (Å²) >= 11 is 5.86. The van der Waals surface area contributed by atoms with Crippen LogP contribution in [0.3, 0.4) is 0 Å². The fraction of sp³-hybridized carbons (Fsp3) is 0.538. The summed E-state index contributed by atoms with van der Waals surface area (Å²) in [6, 6.07) is 1.35. The normalized spacial score (nSPS) is 22.4. The molecule has 0 spiro atoms. The number of anilines is 1. The number of hydrogen-bond acceptors (Lipinski definition) is 6. The van der Waals surface area contributed by atoms with Gasteiger partial charge in [-0.15, -0.1) is 0 Å². The third kappa shape index (κ3) is 3.59. The van der Waals surface area contributed by atoms with Gasteiger partial charge in [0.25, 0.3) is 0 Å². The van der Waals surface area contributed by atoms with Crippen molar-refractivity contribution in [3.8, 4) is 0 Å². The monoisotopic (exact) mass is 300 g/mol. The van der Waals surface area contributed by atoms with Crippen LogP contribution in [0, 0.1) is 0 Å². The number of nitrogens with zero attached hydrogens (tertiary/aromatic N) is 1. The molecule has 1 aromatic rings. The summed E-state index contributed by atoms with van der Waals surface area (Å²) in [7, 11) is 0. The molecule has 0 bridgehead atoms. The van der Waals surface area contributed by atoms with Gasteiger partial charge in [0.2, 0.25) is 0 Å². The molecule has 2 N–H and O–H groups in total. The number of nitrogens with one attached hydrogen (secondary N) is 1. The van der Waals surface area contributed by atoms with E-state index in [0.717, 1.165) is 0 Å². The average Bonchev–Trinajstić information content (AvgIpc) is 2.42. The number of aliphatic hydroxyl groups is 1. The van der Waals surface area contributed by atoms with Crippen LogP contribution < -0.4 is 5.32 Å². The number of hydrogen-bond donors (Lipinski definition) is 2. The molecule has 0 radical (unpaired) electrons. The van der Waals surface area contributed by atoms with E-state index in [0.29, 0.717) is 24.3 Å². The van der Waals surface area contributed by atoms with Crippen molar-refractivity contribution in [1.29, 1.82) is 0 Å². The Morgan fingerprint density at radius 2 is 2.50 bits per heavy atom. The van der Waals surface area contributed by atoms with Crippen LogP contribution in [0.15, 0.2) is 12.3 Å². The van der Waals surface area contributed by atoms with E-state index in [-0.39, 0.29) is 24.4 Å². The first-order valence-corrected chi connectivity index (χ1v) is 6.84. The number of aromatic nitrogens is 1. The van der Waals surface area contributed by atoms with Gasteiger partial charge in [0, 0.05) is 12.8 Å². The second-order valence-corrected chi connectivity index (χ2v) is 4.84. The molecule has 0 saturated carbocycles. The van der Waals surface area contributed by atoms with Gasteiger partial charge in [-0.3, -0.25) is 0 Å². The zero-order chi connectivity index (χ0) is 14.5. The van der Waals surface area contributed by atoms with E-state index in [2.05, 4.69) is 10.3 Å². The predicted molar refractivity (Wildman–Crippen MR) is 74.1 cm³/mol. The van der Waals surface area contributed by atoms with E-state index in [9.17, 15) is 9.90 Å². The number of carbonyl (C=O) groups excluding carboxylic acids is 1.